The molecule has 1 saturated heterocycles. The zero-order chi connectivity index (χ0) is 11.5. The van der Waals surface area contributed by atoms with Gasteiger partial charge in [0.25, 0.3) is 0 Å². The molecule has 2 atom stereocenters. The number of anilines is 1. The van der Waals surface area contributed by atoms with Crippen molar-refractivity contribution in [2.45, 2.75) is 32.0 Å². The van der Waals surface area contributed by atoms with Crippen molar-refractivity contribution < 1.29 is 9.47 Å². The van der Waals surface area contributed by atoms with E-state index in [2.05, 4.69) is 6.92 Å². The van der Waals surface area contributed by atoms with Crippen LogP contribution in [-0.2, 0) is 4.74 Å². The van der Waals surface area contributed by atoms with Gasteiger partial charge in [-0.1, -0.05) is 11.6 Å². The largest absolute Gasteiger partial charge is 0.491 e. The van der Waals surface area contributed by atoms with Crippen LogP contribution < -0.4 is 10.5 Å². The third-order valence-electron chi connectivity index (χ3n) is 2.73. The van der Waals surface area contributed by atoms with Gasteiger partial charge in [0.15, 0.2) is 0 Å². The second-order valence-corrected chi connectivity index (χ2v) is 4.55. The first kappa shape index (κ1) is 11.6. The van der Waals surface area contributed by atoms with E-state index in [1.54, 1.807) is 12.1 Å². The molecule has 0 saturated carbocycles. The molecule has 16 heavy (non-hydrogen) atoms. The van der Waals surface area contributed by atoms with E-state index in [4.69, 9.17) is 26.8 Å². The fourth-order valence-electron chi connectivity index (χ4n) is 1.79. The Bertz CT molecular complexity index is 370. The average molecular weight is 242 g/mol. The zero-order valence-corrected chi connectivity index (χ0v) is 10.0. The molecule has 3 nitrogen and oxygen atoms in total. The number of rotatable bonds is 3. The van der Waals surface area contributed by atoms with Crippen molar-refractivity contribution in [1.82, 2.24) is 0 Å². The molecule has 1 aliphatic rings. The summed E-state index contributed by atoms with van der Waals surface area (Å²) in [7, 11) is 0. The highest BCUT2D eigenvalue weighted by molar-refractivity contribution is 6.33. The molecule has 1 aliphatic heterocycles. The van der Waals surface area contributed by atoms with Gasteiger partial charge in [-0.2, -0.15) is 0 Å². The summed E-state index contributed by atoms with van der Waals surface area (Å²) in [4.78, 5) is 0. The van der Waals surface area contributed by atoms with Crippen LogP contribution in [-0.4, -0.2) is 18.8 Å². The Kier molecular flexibility index (Phi) is 3.56. The summed E-state index contributed by atoms with van der Waals surface area (Å²) in [6, 6.07) is 5.30. The van der Waals surface area contributed by atoms with Gasteiger partial charge in [-0.15, -0.1) is 0 Å². The van der Waals surface area contributed by atoms with Crippen LogP contribution in [0.4, 0.5) is 5.69 Å². The Balaban J connectivity index is 1.87. The Morgan fingerprint density at radius 3 is 2.94 bits per heavy atom. The van der Waals surface area contributed by atoms with Gasteiger partial charge in [0.1, 0.15) is 12.4 Å². The van der Waals surface area contributed by atoms with Gasteiger partial charge in [-0.25, -0.2) is 0 Å². The number of benzene rings is 1. The third kappa shape index (κ3) is 2.80. The van der Waals surface area contributed by atoms with Crippen LogP contribution in [0.25, 0.3) is 0 Å². The van der Waals surface area contributed by atoms with E-state index in [1.807, 2.05) is 6.07 Å². The summed E-state index contributed by atoms with van der Waals surface area (Å²) in [5.41, 5.74) is 6.18. The topological polar surface area (TPSA) is 44.5 Å². The molecule has 2 rings (SSSR count). The smallest absolute Gasteiger partial charge is 0.121 e. The molecule has 0 bridgehead atoms. The lowest BCUT2D eigenvalue weighted by Gasteiger charge is -2.13. The lowest BCUT2D eigenvalue weighted by atomic mass is 10.2. The van der Waals surface area contributed by atoms with Crippen molar-refractivity contribution in [2.75, 3.05) is 12.3 Å². The van der Waals surface area contributed by atoms with Crippen molar-refractivity contribution in [1.29, 1.82) is 0 Å². The van der Waals surface area contributed by atoms with Crippen molar-refractivity contribution in [3.05, 3.63) is 23.2 Å². The fourth-order valence-corrected chi connectivity index (χ4v) is 1.97. The highest BCUT2D eigenvalue weighted by atomic mass is 35.5. The molecular formula is C12H16ClNO2. The maximum absolute atomic E-state index is 5.90. The molecule has 1 heterocycles. The maximum atomic E-state index is 5.90. The van der Waals surface area contributed by atoms with E-state index in [0.717, 1.165) is 18.6 Å². The minimum atomic E-state index is 0.200. The van der Waals surface area contributed by atoms with Gasteiger partial charge >= 0.3 is 0 Å². The van der Waals surface area contributed by atoms with Crippen molar-refractivity contribution >= 4 is 17.3 Å². The van der Waals surface area contributed by atoms with Gasteiger partial charge in [0, 0.05) is 6.07 Å². The standard InChI is InChI=1S/C12H16ClNO2/c1-8-2-3-10(16-8)7-15-9-4-5-12(14)11(13)6-9/h4-6,8,10H,2-3,7,14H2,1H3. The first-order valence-electron chi connectivity index (χ1n) is 5.48. The van der Waals surface area contributed by atoms with Crippen molar-refractivity contribution in [2.24, 2.45) is 0 Å². The highest BCUT2D eigenvalue weighted by Gasteiger charge is 2.22. The first-order chi connectivity index (χ1) is 7.65. The normalized spacial score (nSPS) is 24.6. The summed E-state index contributed by atoms with van der Waals surface area (Å²) in [5, 5.41) is 0.526. The number of hydrogen-bond acceptors (Lipinski definition) is 3. The molecule has 0 radical (unpaired) electrons. The van der Waals surface area contributed by atoms with E-state index in [1.165, 1.54) is 0 Å². The predicted molar refractivity (Wildman–Crippen MR) is 64.9 cm³/mol. The van der Waals surface area contributed by atoms with E-state index < -0.39 is 0 Å². The molecule has 4 heteroatoms. The summed E-state index contributed by atoms with van der Waals surface area (Å²) in [6.07, 6.45) is 2.72. The van der Waals surface area contributed by atoms with Crippen LogP contribution in [0, 0.1) is 0 Å². The first-order valence-corrected chi connectivity index (χ1v) is 5.86. The quantitative estimate of drug-likeness (QED) is 0.828. The number of hydrogen-bond donors (Lipinski definition) is 1. The molecular weight excluding hydrogens is 226 g/mol. The summed E-state index contributed by atoms with van der Waals surface area (Å²) in [5.74, 6) is 0.738. The summed E-state index contributed by atoms with van der Waals surface area (Å²) >= 11 is 5.90. The molecule has 1 aromatic carbocycles. The fraction of sp³-hybridized carbons (Fsp3) is 0.500. The summed E-state index contributed by atoms with van der Waals surface area (Å²) < 4.78 is 11.3. The highest BCUT2D eigenvalue weighted by Crippen LogP contribution is 2.25. The molecule has 2 N–H and O–H groups in total. The second kappa shape index (κ2) is 4.93. The van der Waals surface area contributed by atoms with E-state index in [0.29, 0.717) is 23.4 Å². The van der Waals surface area contributed by atoms with Gasteiger partial charge < -0.3 is 15.2 Å². The zero-order valence-electron chi connectivity index (χ0n) is 9.28. The molecule has 1 aromatic rings. The Hall–Kier alpha value is -0.930. The Morgan fingerprint density at radius 2 is 2.31 bits per heavy atom. The monoisotopic (exact) mass is 241 g/mol. The van der Waals surface area contributed by atoms with Crippen LogP contribution >= 0.6 is 11.6 Å². The lowest BCUT2D eigenvalue weighted by Crippen LogP contribution is -2.17. The minimum Gasteiger partial charge on any atom is -0.491 e. The van der Waals surface area contributed by atoms with Crippen LogP contribution in [0.5, 0.6) is 5.75 Å². The van der Waals surface area contributed by atoms with Gasteiger partial charge in [0.2, 0.25) is 0 Å². The maximum Gasteiger partial charge on any atom is 0.121 e. The predicted octanol–water partition coefficient (Wildman–Crippen LogP) is 2.87. The average Bonchev–Trinajstić information content (AvgIpc) is 2.66. The molecule has 88 valence electrons. The molecule has 2 unspecified atom stereocenters. The molecule has 1 fully saturated rings. The number of ether oxygens (including phenoxy) is 2. The minimum absolute atomic E-state index is 0.200. The SMILES string of the molecule is CC1CCC(COc2ccc(N)c(Cl)c2)O1. The number of nitrogen functional groups attached to an aromatic ring is 1. The van der Waals surface area contributed by atoms with Gasteiger partial charge in [-0.3, -0.25) is 0 Å². The van der Waals surface area contributed by atoms with Crippen LogP contribution in [0.2, 0.25) is 5.02 Å². The van der Waals surface area contributed by atoms with Gasteiger partial charge in [-0.05, 0) is 31.9 Å². The van der Waals surface area contributed by atoms with Crippen LogP contribution in [0.15, 0.2) is 18.2 Å². The third-order valence-corrected chi connectivity index (χ3v) is 3.06. The van der Waals surface area contributed by atoms with Crippen molar-refractivity contribution in [3.63, 3.8) is 0 Å². The van der Waals surface area contributed by atoms with E-state index in [9.17, 15) is 0 Å². The second-order valence-electron chi connectivity index (χ2n) is 4.14. The lowest BCUT2D eigenvalue weighted by molar-refractivity contribution is 0.0265. The number of halogens is 1. The van der Waals surface area contributed by atoms with E-state index in [-0.39, 0.29) is 6.10 Å². The van der Waals surface area contributed by atoms with Crippen molar-refractivity contribution in [3.8, 4) is 5.75 Å². The van der Waals surface area contributed by atoms with E-state index >= 15 is 0 Å². The Morgan fingerprint density at radius 1 is 1.50 bits per heavy atom. The molecule has 0 spiro atoms. The summed E-state index contributed by atoms with van der Waals surface area (Å²) in [6.45, 7) is 2.66. The Labute approximate surface area is 100 Å². The molecule has 0 amide bonds. The molecule has 0 aromatic heterocycles. The molecule has 0 aliphatic carbocycles. The number of nitrogens with two attached hydrogens (primary N) is 1. The van der Waals surface area contributed by atoms with Gasteiger partial charge in [0.05, 0.1) is 22.9 Å². The van der Waals surface area contributed by atoms with Crippen LogP contribution in [0.3, 0.4) is 0 Å². The van der Waals surface area contributed by atoms with Crippen LogP contribution in [0.1, 0.15) is 19.8 Å².